The summed E-state index contributed by atoms with van der Waals surface area (Å²) < 4.78 is 25.1. The third kappa shape index (κ3) is 3.83. The van der Waals surface area contributed by atoms with Crippen molar-refractivity contribution in [3.63, 3.8) is 0 Å². The molecular weight excluding hydrogens is 404 g/mol. The van der Waals surface area contributed by atoms with Crippen molar-refractivity contribution < 1.29 is 8.42 Å². The van der Waals surface area contributed by atoms with Crippen molar-refractivity contribution in [2.45, 2.75) is 38.9 Å². The molecule has 9 nitrogen and oxygen atoms in total. The molecule has 0 amide bonds. The second-order valence-corrected chi connectivity index (χ2v) is 8.58. The number of rotatable bonds is 6. The fraction of sp³-hybridized carbons (Fsp3) is 0.353. The van der Waals surface area contributed by atoms with Crippen LogP contribution in [0.3, 0.4) is 0 Å². The van der Waals surface area contributed by atoms with Crippen molar-refractivity contribution in [3.05, 3.63) is 45.2 Å². The summed E-state index contributed by atoms with van der Waals surface area (Å²) in [6, 6.07) is 3.10. The van der Waals surface area contributed by atoms with Gasteiger partial charge >= 0.3 is 0 Å². The van der Waals surface area contributed by atoms with Gasteiger partial charge in [0.2, 0.25) is 5.28 Å². The van der Waals surface area contributed by atoms with Gasteiger partial charge in [0, 0.05) is 19.3 Å². The van der Waals surface area contributed by atoms with Crippen molar-refractivity contribution >= 4 is 38.4 Å². The molecule has 0 atom stereocenters. The fourth-order valence-electron chi connectivity index (χ4n) is 2.66. The standard InChI is InChI=1S/C17H19ClN6O3S/c1-4-24-15-13(10(3)21-17(18)23-15)22-14(16(24)25)20-9-11-6-7-12(19-8-11)28(26,27)5-2/h6-8H,4-5,9H2,1-3H3,(H,20,22). The van der Waals surface area contributed by atoms with E-state index < -0.39 is 9.84 Å². The largest absolute Gasteiger partial charge is 0.361 e. The smallest absolute Gasteiger partial charge is 0.294 e. The van der Waals surface area contributed by atoms with Crippen LogP contribution in [0, 0.1) is 6.92 Å². The van der Waals surface area contributed by atoms with Gasteiger partial charge < -0.3 is 5.32 Å². The Balaban J connectivity index is 1.93. The summed E-state index contributed by atoms with van der Waals surface area (Å²) in [6.07, 6.45) is 1.46. The predicted molar refractivity (Wildman–Crippen MR) is 106 cm³/mol. The maximum atomic E-state index is 12.7. The van der Waals surface area contributed by atoms with Crippen LogP contribution >= 0.6 is 11.6 Å². The Morgan fingerprint density at radius 1 is 1.18 bits per heavy atom. The summed E-state index contributed by atoms with van der Waals surface area (Å²) in [5.74, 6) is 0.134. The number of fused-ring (bicyclic) bond motifs is 1. The Bertz CT molecular complexity index is 1190. The first-order valence-corrected chi connectivity index (χ1v) is 10.7. The highest BCUT2D eigenvalue weighted by Gasteiger charge is 2.15. The molecule has 3 heterocycles. The molecule has 0 bridgehead atoms. The van der Waals surface area contributed by atoms with Gasteiger partial charge in [0.1, 0.15) is 5.52 Å². The summed E-state index contributed by atoms with van der Waals surface area (Å²) in [7, 11) is -3.35. The topological polar surface area (TPSA) is 120 Å². The van der Waals surface area contributed by atoms with Gasteiger partial charge in [-0.2, -0.15) is 4.98 Å². The second-order valence-electron chi connectivity index (χ2n) is 6.02. The lowest BCUT2D eigenvalue weighted by molar-refractivity contribution is 0.593. The first-order chi connectivity index (χ1) is 13.3. The van der Waals surface area contributed by atoms with Crippen LogP contribution in [-0.2, 0) is 22.9 Å². The maximum Gasteiger partial charge on any atom is 0.294 e. The number of pyridine rings is 1. The third-order valence-electron chi connectivity index (χ3n) is 4.21. The molecule has 0 unspecified atom stereocenters. The van der Waals surface area contributed by atoms with E-state index in [0.29, 0.717) is 29.0 Å². The van der Waals surface area contributed by atoms with Crippen LogP contribution in [0.4, 0.5) is 5.82 Å². The van der Waals surface area contributed by atoms with E-state index in [9.17, 15) is 13.2 Å². The van der Waals surface area contributed by atoms with E-state index in [1.54, 1.807) is 19.9 Å². The predicted octanol–water partition coefficient (Wildman–Crippen LogP) is 1.97. The summed E-state index contributed by atoms with van der Waals surface area (Å²) in [4.78, 5) is 29.3. The molecule has 0 fully saturated rings. The van der Waals surface area contributed by atoms with Crippen molar-refractivity contribution in [2.24, 2.45) is 0 Å². The van der Waals surface area contributed by atoms with Gasteiger partial charge in [-0.25, -0.2) is 23.4 Å². The van der Waals surface area contributed by atoms with Gasteiger partial charge in [-0.3, -0.25) is 9.36 Å². The minimum atomic E-state index is -3.35. The van der Waals surface area contributed by atoms with Crippen molar-refractivity contribution in [1.29, 1.82) is 0 Å². The van der Waals surface area contributed by atoms with E-state index in [2.05, 4.69) is 25.3 Å². The molecular formula is C17H19ClN6O3S. The van der Waals surface area contributed by atoms with E-state index in [4.69, 9.17) is 11.6 Å². The third-order valence-corrected chi connectivity index (χ3v) is 6.02. The Labute approximate surface area is 166 Å². The van der Waals surface area contributed by atoms with E-state index in [1.807, 2.05) is 6.92 Å². The molecule has 0 aromatic carbocycles. The molecule has 3 rings (SSSR count). The lowest BCUT2D eigenvalue weighted by Crippen LogP contribution is -2.26. The van der Waals surface area contributed by atoms with Crippen LogP contribution in [0.1, 0.15) is 25.1 Å². The number of aryl methyl sites for hydroxylation is 2. The van der Waals surface area contributed by atoms with Gasteiger partial charge in [-0.1, -0.05) is 13.0 Å². The SMILES string of the molecule is CCn1c(=O)c(NCc2ccc(S(=O)(=O)CC)nc2)nc2c(C)nc(Cl)nc21. The normalized spacial score (nSPS) is 11.7. The van der Waals surface area contributed by atoms with Gasteiger partial charge in [0.25, 0.3) is 5.56 Å². The highest BCUT2D eigenvalue weighted by atomic mass is 35.5. The molecule has 0 aliphatic heterocycles. The summed E-state index contributed by atoms with van der Waals surface area (Å²) in [6.45, 7) is 5.78. The van der Waals surface area contributed by atoms with Gasteiger partial charge in [0.15, 0.2) is 26.3 Å². The van der Waals surface area contributed by atoms with Crippen LogP contribution < -0.4 is 10.9 Å². The van der Waals surface area contributed by atoms with Crippen molar-refractivity contribution in [2.75, 3.05) is 11.1 Å². The molecule has 0 radical (unpaired) electrons. The van der Waals surface area contributed by atoms with Gasteiger partial charge in [-0.15, -0.1) is 0 Å². The quantitative estimate of drug-likeness (QED) is 0.598. The molecule has 3 aromatic heterocycles. The number of nitrogens with one attached hydrogen (secondary N) is 1. The number of hydrogen-bond donors (Lipinski definition) is 1. The maximum absolute atomic E-state index is 12.7. The van der Waals surface area contributed by atoms with Crippen LogP contribution in [0.2, 0.25) is 5.28 Å². The van der Waals surface area contributed by atoms with E-state index in [1.165, 1.54) is 16.8 Å². The zero-order valence-corrected chi connectivity index (χ0v) is 17.2. The molecule has 11 heteroatoms. The van der Waals surface area contributed by atoms with Crippen LogP contribution in [0.15, 0.2) is 28.2 Å². The van der Waals surface area contributed by atoms with Crippen LogP contribution in [-0.4, -0.2) is 38.7 Å². The molecule has 28 heavy (non-hydrogen) atoms. The monoisotopic (exact) mass is 422 g/mol. The fourth-order valence-corrected chi connectivity index (χ4v) is 3.65. The van der Waals surface area contributed by atoms with Gasteiger partial charge in [0.05, 0.1) is 11.4 Å². The lowest BCUT2D eigenvalue weighted by Gasteiger charge is -2.12. The molecule has 1 N–H and O–H groups in total. The minimum Gasteiger partial charge on any atom is -0.361 e. The minimum absolute atomic E-state index is 0.0133. The average Bonchev–Trinajstić information content (AvgIpc) is 2.67. The van der Waals surface area contributed by atoms with E-state index in [0.717, 1.165) is 0 Å². The number of nitrogens with zero attached hydrogens (tertiary/aromatic N) is 5. The highest BCUT2D eigenvalue weighted by molar-refractivity contribution is 7.91. The molecule has 148 valence electrons. The Morgan fingerprint density at radius 2 is 1.93 bits per heavy atom. The second kappa shape index (κ2) is 7.80. The van der Waals surface area contributed by atoms with Gasteiger partial charge in [-0.05, 0) is 37.1 Å². The lowest BCUT2D eigenvalue weighted by atomic mass is 10.3. The summed E-state index contributed by atoms with van der Waals surface area (Å²) in [5, 5.41) is 3.07. The molecule has 0 saturated heterocycles. The molecule has 0 saturated carbocycles. The number of anilines is 1. The number of aromatic nitrogens is 5. The molecule has 0 spiro atoms. The number of hydrogen-bond acceptors (Lipinski definition) is 8. The Morgan fingerprint density at radius 3 is 2.54 bits per heavy atom. The van der Waals surface area contributed by atoms with Crippen molar-refractivity contribution in [3.8, 4) is 0 Å². The average molecular weight is 423 g/mol. The van der Waals surface area contributed by atoms with Crippen molar-refractivity contribution in [1.82, 2.24) is 24.5 Å². The summed E-state index contributed by atoms with van der Waals surface area (Å²) in [5.41, 5.74) is 1.81. The first kappa shape index (κ1) is 20.2. The van der Waals surface area contributed by atoms with Crippen LogP contribution in [0.25, 0.3) is 11.2 Å². The molecule has 0 aliphatic rings. The number of halogens is 1. The number of sulfone groups is 1. The zero-order chi connectivity index (χ0) is 20.5. The Kier molecular flexibility index (Phi) is 5.61. The van der Waals surface area contributed by atoms with E-state index >= 15 is 0 Å². The first-order valence-electron chi connectivity index (χ1n) is 8.63. The molecule has 3 aromatic rings. The Hall–Kier alpha value is -2.59. The zero-order valence-electron chi connectivity index (χ0n) is 15.6. The molecule has 0 aliphatic carbocycles. The summed E-state index contributed by atoms with van der Waals surface area (Å²) >= 11 is 5.91. The highest BCUT2D eigenvalue weighted by Crippen LogP contribution is 2.16. The van der Waals surface area contributed by atoms with Crippen LogP contribution in [0.5, 0.6) is 0 Å². The van der Waals surface area contributed by atoms with E-state index in [-0.39, 0.29) is 34.0 Å².